The van der Waals surface area contributed by atoms with Crippen LogP contribution in [0.15, 0.2) is 35.2 Å². The Morgan fingerprint density at radius 3 is 2.59 bits per heavy atom. The van der Waals surface area contributed by atoms with E-state index in [0.29, 0.717) is 36.5 Å². The third-order valence-electron chi connectivity index (χ3n) is 5.44. The first kappa shape index (κ1) is 18.2. The number of piperidine rings is 1. The highest BCUT2D eigenvalue weighted by Crippen LogP contribution is 2.27. The Morgan fingerprint density at radius 2 is 1.85 bits per heavy atom. The van der Waals surface area contributed by atoms with Gasteiger partial charge in [0.05, 0.1) is 16.3 Å². The summed E-state index contributed by atoms with van der Waals surface area (Å²) in [6.07, 6.45) is 3.33. The maximum Gasteiger partial charge on any atom is 0.308 e. The Labute approximate surface area is 158 Å². The summed E-state index contributed by atoms with van der Waals surface area (Å²) in [6.45, 7) is 2.40. The van der Waals surface area contributed by atoms with Gasteiger partial charge < -0.3 is 10.0 Å². The van der Waals surface area contributed by atoms with Crippen molar-refractivity contribution in [3.8, 4) is 0 Å². The number of benzene rings is 1. The maximum atomic E-state index is 12.7. The molecule has 1 aromatic carbocycles. The van der Waals surface area contributed by atoms with Gasteiger partial charge in [0.2, 0.25) is 10.0 Å². The van der Waals surface area contributed by atoms with Crippen molar-refractivity contribution < 1.29 is 18.3 Å². The van der Waals surface area contributed by atoms with Gasteiger partial charge in [-0.25, -0.2) is 13.4 Å². The zero-order valence-corrected chi connectivity index (χ0v) is 15.9. The third kappa shape index (κ3) is 3.51. The molecule has 0 aliphatic carbocycles. The number of aromatic nitrogens is 1. The number of nitrogens with zero attached hydrogens (tertiary/aromatic N) is 3. The van der Waals surface area contributed by atoms with Gasteiger partial charge in [-0.05, 0) is 56.0 Å². The number of fused-ring (bicyclic) bond motifs is 1. The van der Waals surface area contributed by atoms with Crippen LogP contribution in [-0.2, 0) is 14.8 Å². The van der Waals surface area contributed by atoms with Gasteiger partial charge >= 0.3 is 5.97 Å². The molecule has 7 nitrogen and oxygen atoms in total. The van der Waals surface area contributed by atoms with Crippen molar-refractivity contribution in [2.75, 3.05) is 31.1 Å². The van der Waals surface area contributed by atoms with Gasteiger partial charge in [0, 0.05) is 31.6 Å². The summed E-state index contributed by atoms with van der Waals surface area (Å²) in [5.41, 5.74) is 0.713. The largest absolute Gasteiger partial charge is 0.481 e. The van der Waals surface area contributed by atoms with E-state index in [1.165, 1.54) is 4.31 Å². The molecule has 27 heavy (non-hydrogen) atoms. The van der Waals surface area contributed by atoms with Crippen molar-refractivity contribution in [3.05, 3.63) is 30.3 Å². The summed E-state index contributed by atoms with van der Waals surface area (Å²) in [5, 5.41) is 10.0. The van der Waals surface area contributed by atoms with Gasteiger partial charge in [-0.3, -0.25) is 4.79 Å². The second-order valence-corrected chi connectivity index (χ2v) is 9.20. The third-order valence-corrected chi connectivity index (χ3v) is 7.34. The molecule has 2 aliphatic heterocycles. The number of pyridine rings is 1. The molecular formula is C19H23N3O4S. The van der Waals surface area contributed by atoms with Crippen LogP contribution in [-0.4, -0.2) is 55.0 Å². The molecule has 4 rings (SSSR count). The number of sulfonamides is 1. The lowest BCUT2D eigenvalue weighted by molar-refractivity contribution is -0.141. The summed E-state index contributed by atoms with van der Waals surface area (Å²) in [5.74, 6) is -0.398. The number of hydrogen-bond donors (Lipinski definition) is 1. The van der Waals surface area contributed by atoms with E-state index in [0.717, 1.165) is 37.0 Å². The zero-order chi connectivity index (χ0) is 19.0. The van der Waals surface area contributed by atoms with Gasteiger partial charge in [0.25, 0.3) is 0 Å². The lowest BCUT2D eigenvalue weighted by Gasteiger charge is -2.31. The Kier molecular flexibility index (Phi) is 4.77. The van der Waals surface area contributed by atoms with E-state index in [1.807, 2.05) is 17.0 Å². The quantitative estimate of drug-likeness (QED) is 0.863. The van der Waals surface area contributed by atoms with Crippen LogP contribution in [0.3, 0.4) is 0 Å². The summed E-state index contributed by atoms with van der Waals surface area (Å²) < 4.78 is 27.0. The molecule has 144 valence electrons. The molecule has 3 heterocycles. The molecule has 0 spiro atoms. The number of hydrogen-bond acceptors (Lipinski definition) is 5. The number of carboxylic acid groups (broad SMARTS) is 1. The van der Waals surface area contributed by atoms with Crippen LogP contribution in [0.4, 0.5) is 5.82 Å². The van der Waals surface area contributed by atoms with E-state index in [9.17, 15) is 18.3 Å². The second-order valence-electron chi connectivity index (χ2n) is 7.26. The average Bonchev–Trinajstić information content (AvgIpc) is 3.23. The number of aliphatic carboxylic acids is 1. The van der Waals surface area contributed by atoms with Gasteiger partial charge in [-0.2, -0.15) is 4.31 Å². The van der Waals surface area contributed by atoms with Crippen molar-refractivity contribution in [3.63, 3.8) is 0 Å². The molecule has 0 radical (unpaired) electrons. The van der Waals surface area contributed by atoms with Crippen LogP contribution >= 0.6 is 0 Å². The van der Waals surface area contributed by atoms with Gasteiger partial charge in [0.15, 0.2) is 0 Å². The number of rotatable bonds is 4. The molecule has 1 unspecified atom stereocenters. The van der Waals surface area contributed by atoms with Crippen LogP contribution < -0.4 is 4.90 Å². The standard InChI is InChI=1S/C19H23N3O4S/c23-19(24)15-4-3-9-21(13-15)18-8-5-14-12-16(6-7-17(14)20-18)27(25,26)22-10-1-2-11-22/h5-8,12,15H,1-4,9-11,13H2,(H,23,24). The van der Waals surface area contributed by atoms with Crippen molar-refractivity contribution >= 4 is 32.7 Å². The van der Waals surface area contributed by atoms with Gasteiger partial charge in [0.1, 0.15) is 5.82 Å². The molecule has 0 saturated carbocycles. The summed E-state index contributed by atoms with van der Waals surface area (Å²) in [4.78, 5) is 18.2. The number of carboxylic acids is 1. The van der Waals surface area contributed by atoms with Crippen LogP contribution in [0.2, 0.25) is 0 Å². The van der Waals surface area contributed by atoms with E-state index in [-0.39, 0.29) is 5.92 Å². The van der Waals surface area contributed by atoms with Crippen LogP contribution in [0.5, 0.6) is 0 Å². The molecule has 1 aromatic heterocycles. The summed E-state index contributed by atoms with van der Waals surface area (Å²) in [6, 6.07) is 8.74. The number of carbonyl (C=O) groups is 1. The van der Waals surface area contributed by atoms with Gasteiger partial charge in [-0.15, -0.1) is 0 Å². The Balaban J connectivity index is 1.62. The fourth-order valence-corrected chi connectivity index (χ4v) is 5.45. The minimum Gasteiger partial charge on any atom is -0.481 e. The highest BCUT2D eigenvalue weighted by Gasteiger charge is 2.28. The zero-order valence-electron chi connectivity index (χ0n) is 15.0. The van der Waals surface area contributed by atoms with Gasteiger partial charge in [-0.1, -0.05) is 0 Å². The SMILES string of the molecule is O=C(O)C1CCCN(c2ccc3cc(S(=O)(=O)N4CCCC4)ccc3n2)C1. The fourth-order valence-electron chi connectivity index (χ4n) is 3.89. The van der Waals surface area contributed by atoms with Crippen molar-refractivity contribution in [1.29, 1.82) is 0 Å². The first-order valence-electron chi connectivity index (χ1n) is 9.34. The molecule has 0 amide bonds. The molecule has 2 aliphatic rings. The van der Waals surface area contributed by atoms with E-state index in [1.54, 1.807) is 18.2 Å². The number of anilines is 1. The van der Waals surface area contributed by atoms with Crippen molar-refractivity contribution in [2.45, 2.75) is 30.6 Å². The maximum absolute atomic E-state index is 12.7. The van der Waals surface area contributed by atoms with Crippen molar-refractivity contribution in [1.82, 2.24) is 9.29 Å². The van der Waals surface area contributed by atoms with Crippen LogP contribution in [0.1, 0.15) is 25.7 Å². The first-order chi connectivity index (χ1) is 12.9. The van der Waals surface area contributed by atoms with E-state index < -0.39 is 16.0 Å². The molecular weight excluding hydrogens is 366 g/mol. The highest BCUT2D eigenvalue weighted by atomic mass is 32.2. The highest BCUT2D eigenvalue weighted by molar-refractivity contribution is 7.89. The molecule has 1 N–H and O–H groups in total. The Hall–Kier alpha value is -2.19. The fraction of sp³-hybridized carbons (Fsp3) is 0.474. The van der Waals surface area contributed by atoms with Crippen LogP contribution in [0.25, 0.3) is 10.9 Å². The molecule has 0 bridgehead atoms. The summed E-state index contributed by atoms with van der Waals surface area (Å²) in [7, 11) is -3.45. The Morgan fingerprint density at radius 1 is 1.07 bits per heavy atom. The minimum absolute atomic E-state index is 0.301. The van der Waals surface area contributed by atoms with E-state index in [4.69, 9.17) is 0 Å². The van der Waals surface area contributed by atoms with E-state index >= 15 is 0 Å². The lowest BCUT2D eigenvalue weighted by atomic mass is 9.98. The predicted molar refractivity (Wildman–Crippen MR) is 102 cm³/mol. The molecule has 8 heteroatoms. The second kappa shape index (κ2) is 7.09. The first-order valence-corrected chi connectivity index (χ1v) is 10.8. The molecule has 2 fully saturated rings. The summed E-state index contributed by atoms with van der Waals surface area (Å²) >= 11 is 0. The molecule has 1 atom stereocenters. The normalized spacial score (nSPS) is 21.6. The molecule has 2 saturated heterocycles. The van der Waals surface area contributed by atoms with Crippen LogP contribution in [0, 0.1) is 5.92 Å². The monoisotopic (exact) mass is 389 g/mol. The molecule has 2 aromatic rings. The Bertz CT molecular complexity index is 970. The smallest absolute Gasteiger partial charge is 0.308 e. The predicted octanol–water partition coefficient (Wildman–Crippen LogP) is 2.32. The lowest BCUT2D eigenvalue weighted by Crippen LogP contribution is -2.39. The van der Waals surface area contributed by atoms with Crippen molar-refractivity contribution in [2.24, 2.45) is 5.92 Å². The average molecular weight is 389 g/mol. The topological polar surface area (TPSA) is 90.8 Å². The minimum atomic E-state index is -3.45. The van der Waals surface area contributed by atoms with E-state index in [2.05, 4.69) is 4.98 Å².